The summed E-state index contributed by atoms with van der Waals surface area (Å²) in [5, 5.41) is 10.9. The van der Waals surface area contributed by atoms with Crippen molar-refractivity contribution in [2.45, 2.75) is 26.8 Å². The zero-order chi connectivity index (χ0) is 16.4. The highest BCUT2D eigenvalue weighted by Gasteiger charge is 2.23. The van der Waals surface area contributed by atoms with Crippen molar-refractivity contribution in [3.05, 3.63) is 63.1 Å². The molecule has 0 aliphatic rings. The summed E-state index contributed by atoms with van der Waals surface area (Å²) < 4.78 is 0. The highest BCUT2D eigenvalue weighted by atomic mass is 32.1. The Kier molecular flexibility index (Phi) is 4.20. The fraction of sp³-hybridized carbons (Fsp3) is 0.250. The van der Waals surface area contributed by atoms with Crippen LogP contribution in [0.25, 0.3) is 0 Å². The van der Waals surface area contributed by atoms with Gasteiger partial charge in [0, 0.05) is 0 Å². The second-order valence-corrected chi connectivity index (χ2v) is 6.45. The minimum Gasteiger partial charge on any atom is -0.337 e. The van der Waals surface area contributed by atoms with Crippen LogP contribution in [0.1, 0.15) is 43.6 Å². The summed E-state index contributed by atoms with van der Waals surface area (Å²) in [6.45, 7) is 5.56. The predicted molar refractivity (Wildman–Crippen MR) is 88.5 cm³/mol. The largest absolute Gasteiger partial charge is 0.337 e. The van der Waals surface area contributed by atoms with E-state index in [1.54, 1.807) is 0 Å². The Labute approximate surface area is 138 Å². The summed E-state index contributed by atoms with van der Waals surface area (Å²) in [4.78, 5) is 21.9. The van der Waals surface area contributed by atoms with Gasteiger partial charge in [0.15, 0.2) is 5.82 Å². The van der Waals surface area contributed by atoms with Crippen LogP contribution in [0.4, 0.5) is 0 Å². The summed E-state index contributed by atoms with van der Waals surface area (Å²) in [5.74, 6) is 1.09. The molecule has 2 heterocycles. The average molecular weight is 327 g/mol. The highest BCUT2D eigenvalue weighted by molar-refractivity contribution is 7.13. The maximum absolute atomic E-state index is 12.6. The van der Waals surface area contributed by atoms with Crippen molar-refractivity contribution in [2.24, 2.45) is 0 Å². The molecule has 6 nitrogen and oxygen atoms in total. The van der Waals surface area contributed by atoms with Crippen LogP contribution < -0.4 is 5.32 Å². The van der Waals surface area contributed by atoms with Crippen LogP contribution in [-0.4, -0.2) is 26.1 Å². The highest BCUT2D eigenvalue weighted by Crippen LogP contribution is 2.22. The quantitative estimate of drug-likeness (QED) is 0.772. The van der Waals surface area contributed by atoms with Crippen molar-refractivity contribution in [2.75, 3.05) is 0 Å². The van der Waals surface area contributed by atoms with Crippen molar-refractivity contribution < 1.29 is 4.79 Å². The lowest BCUT2D eigenvalue weighted by Crippen LogP contribution is -2.30. The van der Waals surface area contributed by atoms with E-state index in [9.17, 15) is 4.79 Å². The van der Waals surface area contributed by atoms with E-state index in [2.05, 4.69) is 25.5 Å². The topological polar surface area (TPSA) is 83.6 Å². The molecule has 3 aromatic rings. The van der Waals surface area contributed by atoms with Gasteiger partial charge in [-0.15, -0.1) is 11.3 Å². The van der Waals surface area contributed by atoms with Gasteiger partial charge in [-0.3, -0.25) is 9.89 Å². The molecule has 2 aromatic heterocycles. The SMILES string of the molecule is Cc1nc(C(NC(=O)c2sc(C)nc2C)c2ccccc2)n[nH]1. The molecule has 0 saturated carbocycles. The number of hydrogen-bond acceptors (Lipinski definition) is 5. The van der Waals surface area contributed by atoms with Crippen LogP contribution in [-0.2, 0) is 0 Å². The molecule has 1 aromatic carbocycles. The fourth-order valence-corrected chi connectivity index (χ4v) is 3.19. The molecule has 0 radical (unpaired) electrons. The lowest BCUT2D eigenvalue weighted by molar-refractivity contribution is 0.0945. The summed E-state index contributed by atoms with van der Waals surface area (Å²) in [5.41, 5.74) is 1.67. The number of nitrogens with one attached hydrogen (secondary N) is 2. The van der Waals surface area contributed by atoms with E-state index in [1.165, 1.54) is 11.3 Å². The second-order valence-electron chi connectivity index (χ2n) is 5.24. The van der Waals surface area contributed by atoms with Gasteiger partial charge in [0.05, 0.1) is 10.7 Å². The number of nitrogens with zero attached hydrogens (tertiary/aromatic N) is 3. The Balaban J connectivity index is 1.93. The van der Waals surface area contributed by atoms with Crippen molar-refractivity contribution in [1.29, 1.82) is 0 Å². The van der Waals surface area contributed by atoms with Crippen LogP contribution in [0.15, 0.2) is 30.3 Å². The number of carbonyl (C=O) groups excluding carboxylic acids is 1. The van der Waals surface area contributed by atoms with Crippen molar-refractivity contribution in [3.8, 4) is 0 Å². The molecule has 3 rings (SSSR count). The number of rotatable bonds is 4. The molecule has 0 aliphatic carbocycles. The van der Waals surface area contributed by atoms with Gasteiger partial charge in [-0.2, -0.15) is 5.10 Å². The van der Waals surface area contributed by atoms with Gasteiger partial charge in [-0.25, -0.2) is 9.97 Å². The van der Waals surface area contributed by atoms with Gasteiger partial charge in [-0.05, 0) is 26.3 Å². The monoisotopic (exact) mass is 327 g/mol. The molecule has 2 N–H and O–H groups in total. The first-order chi connectivity index (χ1) is 11.0. The molecule has 0 fully saturated rings. The predicted octanol–water partition coefficient (Wildman–Crippen LogP) is 2.71. The first kappa shape index (κ1) is 15.4. The van der Waals surface area contributed by atoms with E-state index in [4.69, 9.17) is 0 Å². The molecule has 1 amide bonds. The normalized spacial score (nSPS) is 12.1. The molecule has 7 heteroatoms. The van der Waals surface area contributed by atoms with Crippen LogP contribution in [0, 0.1) is 20.8 Å². The van der Waals surface area contributed by atoms with Crippen LogP contribution in [0.3, 0.4) is 0 Å². The summed E-state index contributed by atoms with van der Waals surface area (Å²) >= 11 is 1.39. The van der Waals surface area contributed by atoms with E-state index in [1.807, 2.05) is 51.1 Å². The van der Waals surface area contributed by atoms with Crippen LogP contribution >= 0.6 is 11.3 Å². The van der Waals surface area contributed by atoms with Gasteiger partial charge in [-0.1, -0.05) is 30.3 Å². The zero-order valence-corrected chi connectivity index (χ0v) is 13.9. The van der Waals surface area contributed by atoms with Crippen molar-refractivity contribution >= 4 is 17.2 Å². The number of aromatic nitrogens is 4. The molecule has 0 aliphatic heterocycles. The van der Waals surface area contributed by atoms with Gasteiger partial charge in [0.2, 0.25) is 0 Å². The summed E-state index contributed by atoms with van der Waals surface area (Å²) in [6, 6.07) is 9.27. The van der Waals surface area contributed by atoms with E-state index in [0.29, 0.717) is 16.5 Å². The molecule has 0 spiro atoms. The molecular formula is C16H17N5OS. The second kappa shape index (κ2) is 6.29. The van der Waals surface area contributed by atoms with Gasteiger partial charge < -0.3 is 5.32 Å². The van der Waals surface area contributed by atoms with Gasteiger partial charge in [0.25, 0.3) is 5.91 Å². The zero-order valence-electron chi connectivity index (χ0n) is 13.1. The van der Waals surface area contributed by atoms with E-state index in [0.717, 1.165) is 16.3 Å². The maximum atomic E-state index is 12.6. The first-order valence-electron chi connectivity index (χ1n) is 7.23. The van der Waals surface area contributed by atoms with Crippen molar-refractivity contribution in [1.82, 2.24) is 25.5 Å². The molecule has 118 valence electrons. The maximum Gasteiger partial charge on any atom is 0.264 e. The first-order valence-corrected chi connectivity index (χ1v) is 8.05. The third kappa shape index (κ3) is 3.29. The molecular weight excluding hydrogens is 310 g/mol. The number of hydrogen-bond donors (Lipinski definition) is 2. The van der Waals surface area contributed by atoms with E-state index in [-0.39, 0.29) is 5.91 Å². The number of thiazole rings is 1. The minimum atomic E-state index is -0.407. The Morgan fingerprint density at radius 1 is 1.17 bits per heavy atom. The number of H-pyrrole nitrogens is 1. The standard InChI is InChI=1S/C16H17N5OS/c1-9-14(23-11(3)17-9)16(22)19-13(12-7-5-4-6-8-12)15-18-10(2)20-21-15/h4-8,13H,1-3H3,(H,19,22)(H,18,20,21). The minimum absolute atomic E-state index is 0.163. The van der Waals surface area contributed by atoms with Crippen LogP contribution in [0.5, 0.6) is 0 Å². The van der Waals surface area contributed by atoms with Crippen LogP contribution in [0.2, 0.25) is 0 Å². The molecule has 23 heavy (non-hydrogen) atoms. The Hall–Kier alpha value is -2.54. The van der Waals surface area contributed by atoms with Gasteiger partial charge in [0.1, 0.15) is 16.7 Å². The average Bonchev–Trinajstić information content (AvgIpc) is 3.11. The smallest absolute Gasteiger partial charge is 0.264 e. The Bertz CT molecular complexity index is 824. The number of aryl methyl sites for hydroxylation is 3. The Morgan fingerprint density at radius 2 is 1.91 bits per heavy atom. The molecule has 0 bridgehead atoms. The third-order valence-electron chi connectivity index (χ3n) is 3.39. The number of amides is 1. The fourth-order valence-electron chi connectivity index (χ4n) is 2.37. The summed E-state index contributed by atoms with van der Waals surface area (Å²) in [7, 11) is 0. The molecule has 1 unspecified atom stereocenters. The summed E-state index contributed by atoms with van der Waals surface area (Å²) in [6.07, 6.45) is 0. The number of benzene rings is 1. The van der Waals surface area contributed by atoms with Crippen molar-refractivity contribution in [3.63, 3.8) is 0 Å². The molecule has 0 saturated heterocycles. The lowest BCUT2D eigenvalue weighted by Gasteiger charge is -2.16. The number of aromatic amines is 1. The third-order valence-corrected chi connectivity index (χ3v) is 4.46. The van der Waals surface area contributed by atoms with E-state index < -0.39 is 6.04 Å². The van der Waals surface area contributed by atoms with E-state index >= 15 is 0 Å². The van der Waals surface area contributed by atoms with Gasteiger partial charge >= 0.3 is 0 Å². The molecule has 1 atom stereocenters. The number of carbonyl (C=O) groups is 1. The Morgan fingerprint density at radius 3 is 2.48 bits per heavy atom. The lowest BCUT2D eigenvalue weighted by atomic mass is 10.1.